The third-order valence-corrected chi connectivity index (χ3v) is 7.37. The molecule has 22 heteroatoms. The summed E-state index contributed by atoms with van der Waals surface area (Å²) >= 11 is 0. The Morgan fingerprint density at radius 3 is 2.42 bits per heavy atom. The number of phosphoric acid groups is 3. The van der Waals surface area contributed by atoms with Gasteiger partial charge in [0.2, 0.25) is 6.35 Å². The highest BCUT2D eigenvalue weighted by atomic mass is 31.3. The summed E-state index contributed by atoms with van der Waals surface area (Å²) in [6.45, 7) is -0.998. The van der Waals surface area contributed by atoms with E-state index in [-0.39, 0.29) is 22.0 Å². The van der Waals surface area contributed by atoms with Crippen LogP contribution in [0.3, 0.4) is 0 Å². The lowest BCUT2D eigenvalue weighted by molar-refractivity contribution is -0.234. The number of nitrogens with two attached hydrogens (primary N) is 1. The van der Waals surface area contributed by atoms with Crippen LogP contribution < -0.4 is 5.73 Å². The maximum atomic E-state index is 11.8. The number of hydroxylamine groups is 2. The number of imidazole rings is 1. The summed E-state index contributed by atoms with van der Waals surface area (Å²) in [6.07, 6.45) is -2.56. The van der Waals surface area contributed by atoms with Crippen molar-refractivity contribution in [2.75, 3.05) is 12.3 Å². The van der Waals surface area contributed by atoms with Gasteiger partial charge in [0.05, 0.1) is 6.61 Å². The van der Waals surface area contributed by atoms with Crippen LogP contribution in [0.1, 0.15) is 6.35 Å². The van der Waals surface area contributed by atoms with Crippen molar-refractivity contribution in [1.29, 1.82) is 0 Å². The molecule has 0 spiro atoms. The molecule has 2 aromatic rings. The number of phosphoric ester groups is 1. The number of aromatic nitrogens is 4. The highest BCUT2D eigenvalue weighted by Gasteiger charge is 2.46. The van der Waals surface area contributed by atoms with Crippen molar-refractivity contribution in [2.45, 2.75) is 18.7 Å². The average Bonchev–Trinajstić information content (AvgIpc) is 3.13. The second-order valence-electron chi connectivity index (χ2n) is 5.76. The van der Waals surface area contributed by atoms with Crippen LogP contribution in [0.15, 0.2) is 12.7 Å². The van der Waals surface area contributed by atoms with Gasteiger partial charge in [-0.25, -0.2) is 28.6 Å². The minimum Gasteiger partial charge on any atom is -0.382 e. The van der Waals surface area contributed by atoms with Crippen molar-refractivity contribution >= 4 is 40.4 Å². The molecule has 1 fully saturated rings. The summed E-state index contributed by atoms with van der Waals surface area (Å²) in [7, 11) is -16.7. The Kier molecular flexibility index (Phi) is 6.66. The SMILES string of the molecule is Nc1ncnc2c1ncn2[C@@H]1O[C@H](COP(=O)(O)OP(=O)(O)OP(=O)(O)O)[C@@H](O)N1O. The number of rotatable bonds is 8. The molecule has 174 valence electrons. The van der Waals surface area contributed by atoms with E-state index in [0.717, 1.165) is 17.2 Å². The summed E-state index contributed by atoms with van der Waals surface area (Å²) in [5, 5.41) is 20.5. The van der Waals surface area contributed by atoms with Crippen molar-refractivity contribution in [3.8, 4) is 0 Å². The second-order valence-corrected chi connectivity index (χ2v) is 10.2. The average molecular weight is 508 g/mol. The second kappa shape index (κ2) is 8.51. The Labute approximate surface area is 171 Å². The molecule has 0 aromatic carbocycles. The summed E-state index contributed by atoms with van der Waals surface area (Å²) in [5.41, 5.74) is 5.92. The van der Waals surface area contributed by atoms with Crippen LogP contribution in [0.5, 0.6) is 0 Å². The molecule has 1 aliphatic heterocycles. The fraction of sp³-hybridized carbons (Fsp3) is 0.444. The molecular formula is C9H15N6O13P3. The Bertz CT molecular complexity index is 1110. The highest BCUT2D eigenvalue weighted by molar-refractivity contribution is 7.66. The Morgan fingerprint density at radius 1 is 1.10 bits per heavy atom. The lowest BCUT2D eigenvalue weighted by Gasteiger charge is -2.19. The van der Waals surface area contributed by atoms with Crippen LogP contribution in [0.2, 0.25) is 0 Å². The minimum atomic E-state index is -5.71. The Balaban J connectivity index is 1.69. The molecule has 2 unspecified atom stereocenters. The summed E-state index contributed by atoms with van der Waals surface area (Å²) in [4.78, 5) is 47.1. The summed E-state index contributed by atoms with van der Waals surface area (Å²) in [5.74, 6) is 0.0241. The molecule has 8 N–H and O–H groups in total. The van der Waals surface area contributed by atoms with E-state index >= 15 is 0 Å². The van der Waals surface area contributed by atoms with Gasteiger partial charge >= 0.3 is 23.5 Å². The minimum absolute atomic E-state index is 0.0241. The first-order valence-electron chi connectivity index (χ1n) is 7.71. The number of hydrogen-bond acceptors (Lipinski definition) is 14. The van der Waals surface area contributed by atoms with Gasteiger partial charge in [-0.15, -0.1) is 5.06 Å². The molecule has 0 saturated carbocycles. The molecule has 1 aliphatic rings. The van der Waals surface area contributed by atoms with Crippen LogP contribution in [0.4, 0.5) is 5.82 Å². The van der Waals surface area contributed by atoms with Gasteiger partial charge in [-0.3, -0.25) is 9.09 Å². The van der Waals surface area contributed by atoms with E-state index < -0.39 is 48.8 Å². The monoisotopic (exact) mass is 508 g/mol. The Hall–Kier alpha value is -1.40. The third-order valence-electron chi connectivity index (χ3n) is 3.57. The van der Waals surface area contributed by atoms with Crippen molar-refractivity contribution < 1.29 is 61.5 Å². The predicted molar refractivity (Wildman–Crippen MR) is 93.1 cm³/mol. The van der Waals surface area contributed by atoms with Crippen LogP contribution >= 0.6 is 23.5 Å². The van der Waals surface area contributed by atoms with Crippen molar-refractivity contribution in [3.63, 3.8) is 0 Å². The molecule has 31 heavy (non-hydrogen) atoms. The maximum absolute atomic E-state index is 11.8. The van der Waals surface area contributed by atoms with Gasteiger partial charge in [0.25, 0.3) is 0 Å². The first kappa shape index (κ1) is 24.2. The lowest BCUT2D eigenvalue weighted by Crippen LogP contribution is -2.36. The van der Waals surface area contributed by atoms with Crippen molar-refractivity contribution in [2.24, 2.45) is 0 Å². The smallest absolute Gasteiger partial charge is 0.382 e. The van der Waals surface area contributed by atoms with E-state index in [1.165, 1.54) is 0 Å². The Morgan fingerprint density at radius 2 is 1.77 bits per heavy atom. The number of anilines is 1. The highest BCUT2D eigenvalue weighted by Crippen LogP contribution is 2.66. The van der Waals surface area contributed by atoms with Gasteiger partial charge in [0.15, 0.2) is 17.7 Å². The number of ether oxygens (including phenoxy) is 1. The van der Waals surface area contributed by atoms with Crippen LogP contribution in [0.25, 0.3) is 11.2 Å². The number of aliphatic hydroxyl groups is 1. The predicted octanol–water partition coefficient (Wildman–Crippen LogP) is -1.38. The molecule has 19 nitrogen and oxygen atoms in total. The van der Waals surface area contributed by atoms with E-state index in [0.29, 0.717) is 0 Å². The number of hydrogen-bond donors (Lipinski definition) is 7. The van der Waals surface area contributed by atoms with Crippen LogP contribution in [-0.4, -0.2) is 73.4 Å². The molecule has 0 bridgehead atoms. The summed E-state index contributed by atoms with van der Waals surface area (Å²) < 4.78 is 51.7. The first-order valence-corrected chi connectivity index (χ1v) is 12.2. The fourth-order valence-corrected chi connectivity index (χ4v) is 5.44. The van der Waals surface area contributed by atoms with E-state index in [2.05, 4.69) is 28.1 Å². The van der Waals surface area contributed by atoms with Crippen LogP contribution in [0, 0.1) is 0 Å². The van der Waals surface area contributed by atoms with E-state index in [9.17, 15) is 28.9 Å². The fourth-order valence-electron chi connectivity index (χ4n) is 2.41. The maximum Gasteiger partial charge on any atom is 0.490 e. The quantitative estimate of drug-likeness (QED) is 0.202. The topological polar surface area (TPSA) is 282 Å². The number of nitrogen functional groups attached to an aromatic ring is 1. The van der Waals surface area contributed by atoms with E-state index in [1.807, 2.05) is 0 Å². The molecule has 5 atom stereocenters. The molecule has 0 amide bonds. The van der Waals surface area contributed by atoms with E-state index in [4.69, 9.17) is 25.2 Å². The zero-order valence-corrected chi connectivity index (χ0v) is 17.5. The standard InChI is InChI=1S/C9H15N6O13P3/c10-6-5-7(12-2-11-6)14(3-13-5)9-15(17)8(16)4(26-9)1-25-30(21,22)28-31(23,24)27-29(18,19)20/h2-4,8-9,16-17H,1H2,(H,21,22)(H,23,24)(H2,10,11,12)(H2,18,19,20)/t4-,8-,9+/m1/s1. The zero-order valence-electron chi connectivity index (χ0n) is 14.8. The third kappa shape index (κ3) is 5.70. The molecule has 3 heterocycles. The summed E-state index contributed by atoms with van der Waals surface area (Å²) in [6, 6.07) is 0. The van der Waals surface area contributed by atoms with Gasteiger partial charge in [-0.05, 0) is 0 Å². The number of fused-ring (bicyclic) bond motifs is 1. The first-order chi connectivity index (χ1) is 14.2. The van der Waals surface area contributed by atoms with E-state index in [1.54, 1.807) is 0 Å². The molecule has 2 aromatic heterocycles. The van der Waals surface area contributed by atoms with Gasteiger partial charge < -0.3 is 40.4 Å². The van der Waals surface area contributed by atoms with Gasteiger partial charge in [-0.1, -0.05) is 0 Å². The number of aliphatic hydroxyl groups excluding tert-OH is 1. The molecule has 3 rings (SSSR count). The van der Waals surface area contributed by atoms with Gasteiger partial charge in [0.1, 0.15) is 24.3 Å². The largest absolute Gasteiger partial charge is 0.490 e. The van der Waals surface area contributed by atoms with Crippen molar-refractivity contribution in [1.82, 2.24) is 24.6 Å². The molecule has 0 radical (unpaired) electrons. The number of nitrogens with zero attached hydrogens (tertiary/aromatic N) is 5. The molecular weight excluding hydrogens is 493 g/mol. The van der Waals surface area contributed by atoms with Crippen LogP contribution in [-0.2, 0) is 31.6 Å². The lowest BCUT2D eigenvalue weighted by atomic mass is 10.3. The van der Waals surface area contributed by atoms with Crippen molar-refractivity contribution in [3.05, 3.63) is 12.7 Å². The van der Waals surface area contributed by atoms with Gasteiger partial charge in [0, 0.05) is 0 Å². The normalized spacial score (nSPS) is 26.7. The molecule has 1 saturated heterocycles. The van der Waals surface area contributed by atoms with Gasteiger partial charge in [-0.2, -0.15) is 8.62 Å². The molecule has 0 aliphatic carbocycles. The zero-order chi connectivity index (χ0) is 23.2.